The van der Waals surface area contributed by atoms with E-state index in [0.29, 0.717) is 22.1 Å². The highest BCUT2D eigenvalue weighted by atomic mass is 35.5. The molecular formula is C11H10Cl3NO3. The van der Waals surface area contributed by atoms with Crippen molar-refractivity contribution in [3.63, 3.8) is 0 Å². The van der Waals surface area contributed by atoms with Gasteiger partial charge in [-0.05, 0) is 12.1 Å². The summed E-state index contributed by atoms with van der Waals surface area (Å²) < 4.78 is 10.6. The summed E-state index contributed by atoms with van der Waals surface area (Å²) in [6, 6.07) is 3.19. The molecule has 7 heteroatoms. The summed E-state index contributed by atoms with van der Waals surface area (Å²) in [6.45, 7) is 0.195. The van der Waals surface area contributed by atoms with Gasteiger partial charge in [0.2, 0.25) is 0 Å². The quantitative estimate of drug-likeness (QED) is 0.510. The van der Waals surface area contributed by atoms with E-state index in [9.17, 15) is 0 Å². The summed E-state index contributed by atoms with van der Waals surface area (Å²) in [6.07, 6.45) is 2.68. The van der Waals surface area contributed by atoms with Crippen molar-refractivity contribution < 1.29 is 14.7 Å². The van der Waals surface area contributed by atoms with Gasteiger partial charge < -0.3 is 14.7 Å². The molecule has 0 aromatic heterocycles. The maximum absolute atomic E-state index is 8.56. The number of halogens is 3. The number of nitrogens with zero attached hydrogens (tertiary/aromatic N) is 1. The summed E-state index contributed by atoms with van der Waals surface area (Å²) in [7, 11) is 1.46. The Balaban J connectivity index is 2.97. The molecule has 0 unspecified atom stereocenters. The Kier molecular flexibility index (Phi) is 6.12. The van der Waals surface area contributed by atoms with Crippen molar-refractivity contribution in [1.29, 1.82) is 0 Å². The zero-order chi connectivity index (χ0) is 13.5. The molecule has 0 radical (unpaired) electrons. The standard InChI is InChI=1S/C11H10Cl3NO3/c1-17-11-7(6-15-16)4-8(5-9(11)12)18-3-2-10(13)14/h2,4-6,16H,3H2,1H3. The van der Waals surface area contributed by atoms with E-state index in [1.165, 1.54) is 19.4 Å². The third-order valence-corrected chi connectivity index (χ3v) is 2.52. The number of rotatable bonds is 5. The Labute approximate surface area is 119 Å². The van der Waals surface area contributed by atoms with E-state index in [1.54, 1.807) is 12.1 Å². The Hall–Kier alpha value is -1.10. The summed E-state index contributed by atoms with van der Waals surface area (Å²) in [5.74, 6) is 0.870. The van der Waals surface area contributed by atoms with E-state index in [2.05, 4.69) is 5.16 Å². The van der Waals surface area contributed by atoms with Crippen LogP contribution in [0, 0.1) is 0 Å². The fraction of sp³-hybridized carbons (Fsp3) is 0.182. The van der Waals surface area contributed by atoms with Gasteiger partial charge in [-0.2, -0.15) is 0 Å². The minimum atomic E-state index is 0.117. The van der Waals surface area contributed by atoms with Crippen molar-refractivity contribution >= 4 is 41.0 Å². The molecule has 0 aliphatic heterocycles. The lowest BCUT2D eigenvalue weighted by Crippen LogP contribution is -1.97. The SMILES string of the molecule is COc1c(Cl)cc(OCC=C(Cl)Cl)cc1C=NO. The molecule has 0 aliphatic carbocycles. The molecule has 0 heterocycles. The third-order valence-electron chi connectivity index (χ3n) is 1.93. The van der Waals surface area contributed by atoms with Gasteiger partial charge in [-0.25, -0.2) is 0 Å². The molecule has 0 atom stereocenters. The Morgan fingerprint density at radius 1 is 1.44 bits per heavy atom. The second-order valence-electron chi connectivity index (χ2n) is 3.08. The van der Waals surface area contributed by atoms with E-state index in [1.807, 2.05) is 0 Å². The van der Waals surface area contributed by atoms with Crippen LogP contribution in [-0.4, -0.2) is 25.1 Å². The first-order chi connectivity index (χ1) is 8.58. The predicted octanol–water partition coefficient (Wildman–Crippen LogP) is 3.85. The van der Waals surface area contributed by atoms with Crippen LogP contribution < -0.4 is 9.47 Å². The molecule has 4 nitrogen and oxygen atoms in total. The molecular weight excluding hydrogens is 300 g/mol. The van der Waals surface area contributed by atoms with E-state index in [-0.39, 0.29) is 11.1 Å². The van der Waals surface area contributed by atoms with Gasteiger partial charge in [-0.1, -0.05) is 40.0 Å². The largest absolute Gasteiger partial charge is 0.494 e. The zero-order valence-electron chi connectivity index (χ0n) is 9.36. The molecule has 0 saturated heterocycles. The summed E-state index contributed by atoms with van der Waals surface area (Å²) in [5.41, 5.74) is 0.489. The minimum Gasteiger partial charge on any atom is -0.494 e. The summed E-state index contributed by atoms with van der Waals surface area (Å²) >= 11 is 16.9. The average molecular weight is 311 g/mol. The van der Waals surface area contributed by atoms with Gasteiger partial charge in [0.25, 0.3) is 0 Å². The molecule has 0 fully saturated rings. The highest BCUT2D eigenvalue weighted by Crippen LogP contribution is 2.32. The Morgan fingerprint density at radius 3 is 2.72 bits per heavy atom. The lowest BCUT2D eigenvalue weighted by atomic mass is 10.2. The second kappa shape index (κ2) is 7.36. The molecule has 0 aliphatic rings. The minimum absolute atomic E-state index is 0.117. The fourth-order valence-electron chi connectivity index (χ4n) is 1.25. The number of oxime groups is 1. The predicted molar refractivity (Wildman–Crippen MR) is 72.7 cm³/mol. The van der Waals surface area contributed by atoms with Crippen LogP contribution in [0.4, 0.5) is 0 Å². The molecule has 98 valence electrons. The molecule has 1 N–H and O–H groups in total. The van der Waals surface area contributed by atoms with Gasteiger partial charge in [0, 0.05) is 11.6 Å². The average Bonchev–Trinajstić information content (AvgIpc) is 2.28. The van der Waals surface area contributed by atoms with Gasteiger partial charge in [0.05, 0.1) is 18.3 Å². The molecule has 1 aromatic rings. The number of hydrogen-bond acceptors (Lipinski definition) is 4. The van der Waals surface area contributed by atoms with Crippen molar-refractivity contribution in [3.8, 4) is 11.5 Å². The molecule has 0 saturated carbocycles. The van der Waals surface area contributed by atoms with Gasteiger partial charge in [-0.15, -0.1) is 0 Å². The number of hydrogen-bond donors (Lipinski definition) is 1. The molecule has 1 rings (SSSR count). The Bertz CT molecular complexity index is 471. The summed E-state index contributed by atoms with van der Waals surface area (Å²) in [5, 5.41) is 11.8. The maximum Gasteiger partial charge on any atom is 0.146 e. The van der Waals surface area contributed by atoms with Gasteiger partial charge in [0.1, 0.15) is 22.6 Å². The van der Waals surface area contributed by atoms with E-state index >= 15 is 0 Å². The van der Waals surface area contributed by atoms with Gasteiger partial charge in [-0.3, -0.25) is 0 Å². The van der Waals surface area contributed by atoms with Crippen LogP contribution in [0.25, 0.3) is 0 Å². The van der Waals surface area contributed by atoms with E-state index in [0.717, 1.165) is 0 Å². The molecule has 0 spiro atoms. The fourth-order valence-corrected chi connectivity index (χ4v) is 1.67. The number of benzene rings is 1. The molecule has 0 bridgehead atoms. The normalized spacial score (nSPS) is 10.4. The van der Waals surface area contributed by atoms with E-state index in [4.69, 9.17) is 49.5 Å². The molecule has 18 heavy (non-hydrogen) atoms. The van der Waals surface area contributed by atoms with Crippen molar-refractivity contribution in [3.05, 3.63) is 33.3 Å². The van der Waals surface area contributed by atoms with Crippen LogP contribution in [0.1, 0.15) is 5.56 Å². The van der Waals surface area contributed by atoms with Crippen LogP contribution in [0.5, 0.6) is 11.5 Å². The maximum atomic E-state index is 8.56. The van der Waals surface area contributed by atoms with Crippen LogP contribution in [0.15, 0.2) is 27.9 Å². The lowest BCUT2D eigenvalue weighted by molar-refractivity contribution is 0.321. The number of ether oxygens (including phenoxy) is 2. The topological polar surface area (TPSA) is 51.0 Å². The first-order valence-electron chi connectivity index (χ1n) is 4.77. The van der Waals surface area contributed by atoms with Crippen LogP contribution in [-0.2, 0) is 0 Å². The Morgan fingerprint density at radius 2 is 2.17 bits per heavy atom. The van der Waals surface area contributed by atoms with Crippen molar-refractivity contribution in [2.24, 2.45) is 5.16 Å². The van der Waals surface area contributed by atoms with Crippen molar-refractivity contribution in [2.75, 3.05) is 13.7 Å². The third kappa shape index (κ3) is 4.29. The number of methoxy groups -OCH3 is 1. The second-order valence-corrected chi connectivity index (χ2v) is 4.49. The lowest BCUT2D eigenvalue weighted by Gasteiger charge is -2.10. The summed E-state index contributed by atoms with van der Waals surface area (Å²) in [4.78, 5) is 0. The smallest absolute Gasteiger partial charge is 0.146 e. The molecule has 0 amide bonds. The molecule has 1 aromatic carbocycles. The van der Waals surface area contributed by atoms with Crippen molar-refractivity contribution in [2.45, 2.75) is 0 Å². The van der Waals surface area contributed by atoms with Gasteiger partial charge >= 0.3 is 0 Å². The van der Waals surface area contributed by atoms with Crippen LogP contribution in [0.3, 0.4) is 0 Å². The van der Waals surface area contributed by atoms with E-state index < -0.39 is 0 Å². The highest BCUT2D eigenvalue weighted by Gasteiger charge is 2.09. The monoisotopic (exact) mass is 309 g/mol. The van der Waals surface area contributed by atoms with Crippen LogP contribution >= 0.6 is 34.8 Å². The van der Waals surface area contributed by atoms with Crippen LogP contribution in [0.2, 0.25) is 5.02 Å². The van der Waals surface area contributed by atoms with Gasteiger partial charge in [0.15, 0.2) is 0 Å². The highest BCUT2D eigenvalue weighted by molar-refractivity contribution is 6.55. The van der Waals surface area contributed by atoms with Crippen molar-refractivity contribution in [1.82, 2.24) is 0 Å². The zero-order valence-corrected chi connectivity index (χ0v) is 11.6. The first-order valence-corrected chi connectivity index (χ1v) is 5.90. The first kappa shape index (κ1) is 15.0.